The molecule has 98 valence electrons. The summed E-state index contributed by atoms with van der Waals surface area (Å²) < 4.78 is 5.18. The van der Waals surface area contributed by atoms with Crippen molar-refractivity contribution in [2.75, 3.05) is 7.11 Å². The molecule has 2 aromatic carbocycles. The quantitative estimate of drug-likeness (QED) is 0.803. The van der Waals surface area contributed by atoms with Crippen molar-refractivity contribution in [2.45, 2.75) is 16.2 Å². The number of ether oxygens (including phenoxy) is 1. The number of carbonyl (C=O) groups excluding carboxylic acids is 1. The monoisotopic (exact) mass is 281 g/mol. The molecular formula is C16H11NO2S. The van der Waals surface area contributed by atoms with Gasteiger partial charge in [-0.1, -0.05) is 17.8 Å². The standard InChI is InChI=1S/C16H11NO2S/c1-19-11-5-6-16-13(7-11)14(18)8-12-10(9-17)3-2-4-15(12)20-16/h2-7H,8H2,1H3. The molecule has 0 saturated heterocycles. The highest BCUT2D eigenvalue weighted by atomic mass is 32.2. The van der Waals surface area contributed by atoms with Crippen LogP contribution >= 0.6 is 11.8 Å². The average Bonchev–Trinajstić information content (AvgIpc) is 2.62. The second-order valence-corrected chi connectivity index (χ2v) is 5.54. The second-order valence-electron chi connectivity index (χ2n) is 4.46. The summed E-state index contributed by atoms with van der Waals surface area (Å²) in [6.45, 7) is 0. The Labute approximate surface area is 121 Å². The summed E-state index contributed by atoms with van der Waals surface area (Å²) in [5, 5.41) is 9.18. The zero-order valence-corrected chi connectivity index (χ0v) is 11.7. The minimum absolute atomic E-state index is 0.0212. The van der Waals surface area contributed by atoms with E-state index in [-0.39, 0.29) is 12.2 Å². The van der Waals surface area contributed by atoms with E-state index in [4.69, 9.17) is 4.74 Å². The maximum absolute atomic E-state index is 12.4. The number of hydrogen-bond donors (Lipinski definition) is 0. The number of nitriles is 1. The van der Waals surface area contributed by atoms with Crippen molar-refractivity contribution >= 4 is 17.5 Å². The van der Waals surface area contributed by atoms with Crippen LogP contribution in [0.3, 0.4) is 0 Å². The molecule has 0 radical (unpaired) electrons. The molecule has 1 aliphatic heterocycles. The lowest BCUT2D eigenvalue weighted by molar-refractivity contribution is 0.0989. The average molecular weight is 281 g/mol. The van der Waals surface area contributed by atoms with E-state index in [9.17, 15) is 10.1 Å². The van der Waals surface area contributed by atoms with Gasteiger partial charge in [-0.2, -0.15) is 5.26 Å². The molecule has 0 fully saturated rings. The number of methoxy groups -OCH3 is 1. The van der Waals surface area contributed by atoms with E-state index in [1.807, 2.05) is 24.3 Å². The smallest absolute Gasteiger partial charge is 0.168 e. The van der Waals surface area contributed by atoms with E-state index in [0.717, 1.165) is 15.4 Å². The molecule has 1 heterocycles. The summed E-state index contributed by atoms with van der Waals surface area (Å²) in [5.41, 5.74) is 2.05. The molecule has 0 unspecified atom stereocenters. The number of benzene rings is 2. The fourth-order valence-electron chi connectivity index (χ4n) is 2.27. The lowest BCUT2D eigenvalue weighted by Crippen LogP contribution is -2.05. The van der Waals surface area contributed by atoms with E-state index in [0.29, 0.717) is 16.9 Å². The van der Waals surface area contributed by atoms with Crippen LogP contribution in [-0.4, -0.2) is 12.9 Å². The Morgan fingerprint density at radius 3 is 2.85 bits per heavy atom. The molecule has 0 aromatic heterocycles. The molecule has 0 amide bonds. The van der Waals surface area contributed by atoms with Crippen LogP contribution in [0.15, 0.2) is 46.2 Å². The summed E-state index contributed by atoms with van der Waals surface area (Å²) >= 11 is 1.53. The largest absolute Gasteiger partial charge is 0.497 e. The first-order valence-electron chi connectivity index (χ1n) is 6.14. The normalized spacial score (nSPS) is 12.9. The Hall–Kier alpha value is -2.25. The zero-order valence-electron chi connectivity index (χ0n) is 10.8. The number of carbonyl (C=O) groups is 1. The maximum atomic E-state index is 12.4. The molecule has 0 bridgehead atoms. The van der Waals surface area contributed by atoms with Crippen LogP contribution in [-0.2, 0) is 6.42 Å². The van der Waals surface area contributed by atoms with Gasteiger partial charge in [0.2, 0.25) is 0 Å². The third-order valence-electron chi connectivity index (χ3n) is 3.30. The minimum Gasteiger partial charge on any atom is -0.497 e. The highest BCUT2D eigenvalue weighted by Crippen LogP contribution is 2.39. The first kappa shape index (κ1) is 12.8. The van der Waals surface area contributed by atoms with Crippen molar-refractivity contribution in [3.05, 3.63) is 53.1 Å². The van der Waals surface area contributed by atoms with Crippen molar-refractivity contribution in [1.82, 2.24) is 0 Å². The summed E-state index contributed by atoms with van der Waals surface area (Å²) in [7, 11) is 1.58. The Morgan fingerprint density at radius 2 is 2.10 bits per heavy atom. The van der Waals surface area contributed by atoms with Gasteiger partial charge in [-0.05, 0) is 35.9 Å². The number of nitrogens with zero attached hydrogens (tertiary/aromatic N) is 1. The number of hydrogen-bond acceptors (Lipinski definition) is 4. The van der Waals surface area contributed by atoms with E-state index < -0.39 is 0 Å². The van der Waals surface area contributed by atoms with Gasteiger partial charge in [0.25, 0.3) is 0 Å². The van der Waals surface area contributed by atoms with Crippen molar-refractivity contribution in [3.8, 4) is 11.8 Å². The van der Waals surface area contributed by atoms with Gasteiger partial charge < -0.3 is 4.74 Å². The van der Waals surface area contributed by atoms with Crippen LogP contribution in [0.4, 0.5) is 0 Å². The van der Waals surface area contributed by atoms with Gasteiger partial charge in [0.1, 0.15) is 5.75 Å². The Morgan fingerprint density at radius 1 is 1.25 bits per heavy atom. The van der Waals surface area contributed by atoms with E-state index >= 15 is 0 Å². The van der Waals surface area contributed by atoms with Gasteiger partial charge in [0, 0.05) is 21.8 Å². The predicted octanol–water partition coefficient (Wildman–Crippen LogP) is 3.46. The van der Waals surface area contributed by atoms with Crippen LogP contribution in [0.25, 0.3) is 0 Å². The van der Waals surface area contributed by atoms with Crippen molar-refractivity contribution in [2.24, 2.45) is 0 Å². The molecule has 3 nitrogen and oxygen atoms in total. The summed E-state index contributed by atoms with van der Waals surface area (Å²) in [6, 6.07) is 13.2. The molecule has 20 heavy (non-hydrogen) atoms. The number of fused-ring (bicyclic) bond motifs is 2. The third-order valence-corrected chi connectivity index (χ3v) is 4.48. The topological polar surface area (TPSA) is 50.1 Å². The van der Waals surface area contributed by atoms with Gasteiger partial charge in [-0.15, -0.1) is 0 Å². The number of ketones is 1. The molecule has 0 aliphatic carbocycles. The number of Topliss-reactive ketones (excluding diaryl/α,β-unsaturated/α-hetero) is 1. The Balaban J connectivity index is 2.16. The molecule has 1 aliphatic rings. The van der Waals surface area contributed by atoms with Crippen LogP contribution in [0, 0.1) is 11.3 Å². The highest BCUT2D eigenvalue weighted by molar-refractivity contribution is 7.99. The van der Waals surface area contributed by atoms with Crippen molar-refractivity contribution < 1.29 is 9.53 Å². The molecule has 0 N–H and O–H groups in total. The first-order chi connectivity index (χ1) is 9.72. The molecule has 0 spiro atoms. The van der Waals surface area contributed by atoms with Gasteiger partial charge in [0.15, 0.2) is 5.78 Å². The summed E-state index contributed by atoms with van der Waals surface area (Å²) in [5.74, 6) is 0.692. The van der Waals surface area contributed by atoms with Crippen LogP contribution in [0.2, 0.25) is 0 Å². The van der Waals surface area contributed by atoms with Gasteiger partial charge in [0.05, 0.1) is 18.7 Å². The van der Waals surface area contributed by atoms with E-state index in [1.54, 1.807) is 19.2 Å². The third kappa shape index (κ3) is 2.06. The molecule has 0 saturated carbocycles. The van der Waals surface area contributed by atoms with E-state index in [2.05, 4.69) is 6.07 Å². The van der Waals surface area contributed by atoms with Gasteiger partial charge >= 0.3 is 0 Å². The van der Waals surface area contributed by atoms with Crippen LogP contribution in [0.5, 0.6) is 5.75 Å². The summed E-state index contributed by atoms with van der Waals surface area (Å²) in [4.78, 5) is 14.3. The van der Waals surface area contributed by atoms with Crippen molar-refractivity contribution in [3.63, 3.8) is 0 Å². The fourth-order valence-corrected chi connectivity index (χ4v) is 3.37. The van der Waals surface area contributed by atoms with E-state index in [1.165, 1.54) is 11.8 Å². The SMILES string of the molecule is COc1ccc2c(c1)C(=O)Cc1c(C#N)cccc1S2. The Kier molecular flexibility index (Phi) is 3.21. The van der Waals surface area contributed by atoms with Crippen LogP contribution < -0.4 is 4.74 Å². The second kappa shape index (κ2) is 5.03. The molecule has 3 rings (SSSR count). The Bertz CT molecular complexity index is 747. The lowest BCUT2D eigenvalue weighted by atomic mass is 9.99. The molecule has 0 atom stereocenters. The van der Waals surface area contributed by atoms with Crippen molar-refractivity contribution in [1.29, 1.82) is 5.26 Å². The van der Waals surface area contributed by atoms with Gasteiger partial charge in [-0.3, -0.25) is 4.79 Å². The fraction of sp³-hybridized carbons (Fsp3) is 0.125. The summed E-state index contributed by atoms with van der Waals surface area (Å²) in [6.07, 6.45) is 0.256. The number of rotatable bonds is 1. The zero-order chi connectivity index (χ0) is 14.1. The highest BCUT2D eigenvalue weighted by Gasteiger charge is 2.22. The minimum atomic E-state index is 0.0212. The van der Waals surface area contributed by atoms with Crippen LogP contribution in [0.1, 0.15) is 21.5 Å². The maximum Gasteiger partial charge on any atom is 0.168 e. The molecular weight excluding hydrogens is 270 g/mol. The van der Waals surface area contributed by atoms with Gasteiger partial charge in [-0.25, -0.2) is 0 Å². The molecule has 2 aromatic rings. The first-order valence-corrected chi connectivity index (χ1v) is 6.95. The lowest BCUT2D eigenvalue weighted by Gasteiger charge is -2.07. The molecule has 4 heteroatoms. The predicted molar refractivity (Wildman–Crippen MR) is 76.3 cm³/mol.